The molecule has 1 saturated heterocycles. The van der Waals surface area contributed by atoms with Crippen LogP contribution in [0, 0.1) is 0 Å². The molecule has 2 aromatic carbocycles. The van der Waals surface area contributed by atoms with Gasteiger partial charge in [-0.2, -0.15) is 13.2 Å². The summed E-state index contributed by atoms with van der Waals surface area (Å²) in [4.78, 5) is 3.25. The number of alkyl halides is 3. The van der Waals surface area contributed by atoms with Crippen LogP contribution in [0.25, 0.3) is 22.3 Å². The molecule has 1 atom stereocenters. The van der Waals surface area contributed by atoms with E-state index >= 15 is 0 Å². The van der Waals surface area contributed by atoms with Crippen LogP contribution in [-0.4, -0.2) is 32.5 Å². The second-order valence-electron chi connectivity index (χ2n) is 7.74. The highest BCUT2D eigenvalue weighted by Crippen LogP contribution is 2.36. The van der Waals surface area contributed by atoms with Crippen LogP contribution in [0.4, 0.5) is 13.2 Å². The number of nitrogens with one attached hydrogen (secondary N) is 1. The number of ether oxygens (including phenoxy) is 1. The van der Waals surface area contributed by atoms with Crippen molar-refractivity contribution in [3.05, 3.63) is 65.9 Å². The SMILES string of the molecule is FC(F)(F)c1ccccc1CSc1nnc(-c2c[nH]c3ccccc23)n1CC1CCCO1. The summed E-state index contributed by atoms with van der Waals surface area (Å²) in [5.41, 5.74) is 1.51. The molecule has 5 rings (SSSR count). The van der Waals surface area contributed by atoms with Crippen molar-refractivity contribution in [2.24, 2.45) is 0 Å². The van der Waals surface area contributed by atoms with E-state index in [2.05, 4.69) is 15.2 Å². The molecule has 1 fully saturated rings. The first-order chi connectivity index (χ1) is 15.5. The first kappa shape index (κ1) is 21.1. The van der Waals surface area contributed by atoms with Gasteiger partial charge in [-0.05, 0) is 30.5 Å². The standard InChI is InChI=1S/C23H21F3N4OS/c24-23(25,26)19-9-3-1-6-15(19)14-32-22-29-28-21(30(22)13-16-7-5-11-31-16)18-12-27-20-10-4-2-8-17(18)20/h1-4,6,8-10,12,16,27H,5,7,11,13-14H2. The molecule has 4 aromatic rings. The molecule has 0 radical (unpaired) electrons. The fraction of sp³-hybridized carbons (Fsp3) is 0.304. The maximum Gasteiger partial charge on any atom is 0.416 e. The zero-order valence-corrected chi connectivity index (χ0v) is 17.9. The summed E-state index contributed by atoms with van der Waals surface area (Å²) in [6.45, 7) is 1.28. The molecule has 1 unspecified atom stereocenters. The Kier molecular flexibility index (Phi) is 5.69. The normalized spacial score (nSPS) is 16.8. The van der Waals surface area contributed by atoms with Gasteiger partial charge in [0.15, 0.2) is 11.0 Å². The van der Waals surface area contributed by atoms with E-state index in [-0.39, 0.29) is 17.4 Å². The van der Waals surface area contributed by atoms with E-state index < -0.39 is 11.7 Å². The zero-order chi connectivity index (χ0) is 22.1. The molecule has 5 nitrogen and oxygen atoms in total. The molecule has 9 heteroatoms. The second kappa shape index (κ2) is 8.63. The van der Waals surface area contributed by atoms with Crippen LogP contribution in [0.15, 0.2) is 59.9 Å². The van der Waals surface area contributed by atoms with Crippen molar-refractivity contribution in [3.63, 3.8) is 0 Å². The van der Waals surface area contributed by atoms with Gasteiger partial charge in [-0.15, -0.1) is 10.2 Å². The molecular formula is C23H21F3N4OS. The molecule has 0 spiro atoms. The topological polar surface area (TPSA) is 55.7 Å². The van der Waals surface area contributed by atoms with E-state index in [1.807, 2.05) is 35.0 Å². The fourth-order valence-electron chi connectivity index (χ4n) is 4.07. The molecular weight excluding hydrogens is 437 g/mol. The number of benzene rings is 2. The van der Waals surface area contributed by atoms with E-state index in [1.54, 1.807) is 6.07 Å². The maximum absolute atomic E-state index is 13.4. The third kappa shape index (κ3) is 4.14. The van der Waals surface area contributed by atoms with Gasteiger partial charge in [-0.25, -0.2) is 0 Å². The molecule has 1 aliphatic heterocycles. The van der Waals surface area contributed by atoms with Crippen LogP contribution in [0.5, 0.6) is 0 Å². The van der Waals surface area contributed by atoms with Crippen LogP contribution < -0.4 is 0 Å². The Hall–Kier alpha value is -2.78. The number of thioether (sulfide) groups is 1. The van der Waals surface area contributed by atoms with Gasteiger partial charge in [-0.1, -0.05) is 48.2 Å². The average molecular weight is 459 g/mol. The summed E-state index contributed by atoms with van der Waals surface area (Å²) >= 11 is 1.26. The van der Waals surface area contributed by atoms with E-state index in [1.165, 1.54) is 23.9 Å². The van der Waals surface area contributed by atoms with Crippen LogP contribution >= 0.6 is 11.8 Å². The van der Waals surface area contributed by atoms with Crippen molar-refractivity contribution in [1.82, 2.24) is 19.7 Å². The largest absolute Gasteiger partial charge is 0.416 e. The van der Waals surface area contributed by atoms with E-state index in [4.69, 9.17) is 4.74 Å². The highest BCUT2D eigenvalue weighted by Gasteiger charge is 2.33. The van der Waals surface area contributed by atoms with Crippen LogP contribution in [-0.2, 0) is 23.2 Å². The minimum atomic E-state index is -4.39. The average Bonchev–Trinajstić information content (AvgIpc) is 3.52. The number of nitrogens with zero attached hydrogens (tertiary/aromatic N) is 3. The Bertz CT molecular complexity index is 1230. The monoisotopic (exact) mass is 458 g/mol. The van der Waals surface area contributed by atoms with Crippen LogP contribution in [0.1, 0.15) is 24.0 Å². The second-order valence-corrected chi connectivity index (χ2v) is 8.69. The number of halogens is 3. The smallest absolute Gasteiger partial charge is 0.376 e. The van der Waals surface area contributed by atoms with Gasteiger partial charge in [0.1, 0.15) is 0 Å². The van der Waals surface area contributed by atoms with Gasteiger partial charge < -0.3 is 9.72 Å². The lowest BCUT2D eigenvalue weighted by Crippen LogP contribution is -2.16. The number of rotatable bonds is 6. The van der Waals surface area contributed by atoms with Gasteiger partial charge in [0.05, 0.1) is 18.2 Å². The highest BCUT2D eigenvalue weighted by atomic mass is 32.2. The lowest BCUT2D eigenvalue weighted by molar-refractivity contribution is -0.138. The van der Waals surface area contributed by atoms with Crippen LogP contribution in [0.2, 0.25) is 0 Å². The van der Waals surface area contributed by atoms with Gasteiger partial charge in [-0.3, -0.25) is 4.57 Å². The summed E-state index contributed by atoms with van der Waals surface area (Å²) < 4.78 is 48.0. The van der Waals surface area contributed by atoms with Crippen molar-refractivity contribution in [3.8, 4) is 11.4 Å². The van der Waals surface area contributed by atoms with Crippen molar-refractivity contribution in [2.75, 3.05) is 6.61 Å². The van der Waals surface area contributed by atoms with Gasteiger partial charge in [0, 0.05) is 35.0 Å². The Labute approximate surface area is 187 Å². The van der Waals surface area contributed by atoms with E-state index in [9.17, 15) is 13.2 Å². The van der Waals surface area contributed by atoms with Crippen molar-refractivity contribution >= 4 is 22.7 Å². The molecule has 0 amide bonds. The molecule has 1 N–H and O–H groups in total. The molecule has 0 saturated carbocycles. The molecule has 2 aromatic heterocycles. The number of aromatic nitrogens is 4. The molecule has 32 heavy (non-hydrogen) atoms. The minimum absolute atomic E-state index is 0.0387. The molecule has 166 valence electrons. The molecule has 0 bridgehead atoms. The summed E-state index contributed by atoms with van der Waals surface area (Å²) in [7, 11) is 0. The Balaban J connectivity index is 1.49. The van der Waals surface area contributed by atoms with Gasteiger partial charge in [0.25, 0.3) is 0 Å². The first-order valence-electron chi connectivity index (χ1n) is 10.4. The van der Waals surface area contributed by atoms with E-state index in [0.717, 1.165) is 42.0 Å². The number of hydrogen-bond acceptors (Lipinski definition) is 4. The summed E-state index contributed by atoms with van der Waals surface area (Å²) in [5, 5.41) is 10.4. The van der Waals surface area contributed by atoms with Crippen LogP contribution in [0.3, 0.4) is 0 Å². The number of aromatic amines is 1. The lowest BCUT2D eigenvalue weighted by atomic mass is 10.1. The fourth-order valence-corrected chi connectivity index (χ4v) is 5.02. The first-order valence-corrected chi connectivity index (χ1v) is 11.4. The summed E-state index contributed by atoms with van der Waals surface area (Å²) in [6.07, 6.45) is -0.522. The number of para-hydroxylation sites is 1. The summed E-state index contributed by atoms with van der Waals surface area (Å²) in [6, 6.07) is 13.6. The van der Waals surface area contributed by atoms with E-state index in [0.29, 0.717) is 17.5 Å². The summed E-state index contributed by atoms with van der Waals surface area (Å²) in [5.74, 6) is 0.831. The minimum Gasteiger partial charge on any atom is -0.376 e. The van der Waals surface area contributed by atoms with Crippen molar-refractivity contribution in [1.29, 1.82) is 0 Å². The lowest BCUT2D eigenvalue weighted by Gasteiger charge is -2.15. The Morgan fingerprint density at radius 2 is 1.91 bits per heavy atom. The predicted octanol–water partition coefficient (Wildman–Crippen LogP) is 5.92. The van der Waals surface area contributed by atoms with Gasteiger partial charge >= 0.3 is 6.18 Å². The zero-order valence-electron chi connectivity index (χ0n) is 17.1. The molecule has 3 heterocycles. The quantitative estimate of drug-likeness (QED) is 0.365. The maximum atomic E-state index is 13.4. The molecule has 0 aliphatic carbocycles. The van der Waals surface area contributed by atoms with Crippen molar-refractivity contribution < 1.29 is 17.9 Å². The highest BCUT2D eigenvalue weighted by molar-refractivity contribution is 7.98. The predicted molar refractivity (Wildman–Crippen MR) is 117 cm³/mol. The number of fused-ring (bicyclic) bond motifs is 1. The Morgan fingerprint density at radius 3 is 2.72 bits per heavy atom. The number of H-pyrrole nitrogens is 1. The van der Waals surface area contributed by atoms with Crippen molar-refractivity contribution in [2.45, 2.75) is 42.6 Å². The van der Waals surface area contributed by atoms with Gasteiger partial charge in [0.2, 0.25) is 0 Å². The third-order valence-corrected chi connectivity index (χ3v) is 6.65. The number of hydrogen-bond donors (Lipinski definition) is 1. The third-order valence-electron chi connectivity index (χ3n) is 5.64. The Morgan fingerprint density at radius 1 is 1.09 bits per heavy atom. The molecule has 1 aliphatic rings.